The monoisotopic (exact) mass is 350 g/mol. The Morgan fingerprint density at radius 1 is 1.15 bits per heavy atom. The van der Waals surface area contributed by atoms with Gasteiger partial charge in [0.2, 0.25) is 5.65 Å². The van der Waals surface area contributed by atoms with Crippen LogP contribution < -0.4 is 4.90 Å². The summed E-state index contributed by atoms with van der Waals surface area (Å²) in [5.74, 6) is 0. The van der Waals surface area contributed by atoms with Crippen molar-refractivity contribution in [2.75, 3.05) is 25.0 Å². The molecule has 6 nitrogen and oxygen atoms in total. The molecule has 6 heteroatoms. The molecule has 0 unspecified atom stereocenters. The van der Waals surface area contributed by atoms with E-state index in [9.17, 15) is 0 Å². The molecule has 1 saturated heterocycles. The maximum absolute atomic E-state index is 4.56. The predicted octanol–water partition coefficient (Wildman–Crippen LogP) is 2.79. The molecule has 0 N–H and O–H groups in total. The molecule has 1 aliphatic heterocycles. The molecule has 26 heavy (non-hydrogen) atoms. The fraction of sp³-hybridized carbons (Fsp3) is 0.450. The van der Waals surface area contributed by atoms with Gasteiger partial charge in [-0.15, -0.1) is 10.2 Å². The summed E-state index contributed by atoms with van der Waals surface area (Å²) in [4.78, 5) is 4.93. The van der Waals surface area contributed by atoms with Crippen LogP contribution >= 0.6 is 0 Å². The van der Waals surface area contributed by atoms with Crippen LogP contribution in [0.3, 0.4) is 0 Å². The van der Waals surface area contributed by atoms with Crippen molar-refractivity contribution in [2.24, 2.45) is 0 Å². The van der Waals surface area contributed by atoms with Crippen molar-refractivity contribution >= 4 is 11.3 Å². The number of hydrogen-bond acceptors (Lipinski definition) is 5. The Balaban J connectivity index is 1.44. The number of rotatable bonds is 5. The number of benzene rings is 1. The van der Waals surface area contributed by atoms with E-state index >= 15 is 0 Å². The van der Waals surface area contributed by atoms with Crippen molar-refractivity contribution < 1.29 is 0 Å². The maximum Gasteiger partial charge on any atom is 0.200 e. The zero-order valence-corrected chi connectivity index (χ0v) is 15.5. The number of fused-ring (bicyclic) bond motifs is 1. The highest BCUT2D eigenvalue weighted by Crippen LogP contribution is 2.26. The van der Waals surface area contributed by atoms with Gasteiger partial charge >= 0.3 is 0 Å². The molecule has 1 aromatic carbocycles. The number of piperidine rings is 1. The van der Waals surface area contributed by atoms with Gasteiger partial charge in [0.05, 0.1) is 11.4 Å². The quantitative estimate of drug-likeness (QED) is 0.708. The lowest BCUT2D eigenvalue weighted by Gasteiger charge is -2.38. The zero-order chi connectivity index (χ0) is 17.9. The van der Waals surface area contributed by atoms with Crippen molar-refractivity contribution in [1.29, 1.82) is 0 Å². The standard InChI is InChI=1S/C20H26N6/c1-3-17-13-19(20-22-21-15-26(20)23-17)25-11-9-18(10-12-25)24(2)14-16-7-5-4-6-8-16/h4-8,13,15,18H,3,9-12,14H2,1-2H3. The van der Waals surface area contributed by atoms with Crippen LogP contribution in [0.4, 0.5) is 5.69 Å². The Labute approximate surface area is 154 Å². The van der Waals surface area contributed by atoms with Crippen LogP contribution in [0.25, 0.3) is 5.65 Å². The summed E-state index contributed by atoms with van der Waals surface area (Å²) in [5.41, 5.74) is 4.48. The topological polar surface area (TPSA) is 49.6 Å². The van der Waals surface area contributed by atoms with E-state index in [0.29, 0.717) is 6.04 Å². The third-order valence-electron chi connectivity index (χ3n) is 5.36. The molecule has 2 aromatic heterocycles. The molecule has 136 valence electrons. The summed E-state index contributed by atoms with van der Waals surface area (Å²) in [6.45, 7) is 5.22. The van der Waals surface area contributed by atoms with Gasteiger partial charge in [-0.3, -0.25) is 4.90 Å². The normalized spacial score (nSPS) is 15.9. The van der Waals surface area contributed by atoms with E-state index in [0.717, 1.165) is 50.2 Å². The van der Waals surface area contributed by atoms with Gasteiger partial charge < -0.3 is 4.90 Å². The van der Waals surface area contributed by atoms with Crippen LogP contribution in [0.15, 0.2) is 42.7 Å². The van der Waals surface area contributed by atoms with Crippen molar-refractivity contribution in [3.05, 3.63) is 54.0 Å². The molecular weight excluding hydrogens is 324 g/mol. The lowest BCUT2D eigenvalue weighted by atomic mass is 10.0. The SMILES string of the molecule is CCc1cc(N2CCC(N(C)Cc3ccccc3)CC2)c2nncn2n1. The number of aromatic nitrogens is 4. The number of nitrogens with zero attached hydrogens (tertiary/aromatic N) is 6. The summed E-state index contributed by atoms with van der Waals surface area (Å²) >= 11 is 0. The van der Waals surface area contributed by atoms with Crippen molar-refractivity contribution in [3.8, 4) is 0 Å². The summed E-state index contributed by atoms with van der Waals surface area (Å²) < 4.78 is 1.81. The minimum Gasteiger partial charge on any atom is -0.368 e. The summed E-state index contributed by atoms with van der Waals surface area (Å²) in [6.07, 6.45) is 4.93. The first kappa shape index (κ1) is 17.0. The molecule has 4 rings (SSSR count). The third-order valence-corrected chi connectivity index (χ3v) is 5.36. The van der Waals surface area contributed by atoms with Crippen LogP contribution in [0.1, 0.15) is 31.0 Å². The van der Waals surface area contributed by atoms with Gasteiger partial charge in [0, 0.05) is 25.7 Å². The molecule has 0 bridgehead atoms. The van der Waals surface area contributed by atoms with Gasteiger partial charge in [0.1, 0.15) is 6.33 Å². The second-order valence-corrected chi connectivity index (χ2v) is 7.09. The van der Waals surface area contributed by atoms with Gasteiger partial charge in [0.15, 0.2) is 0 Å². The minimum atomic E-state index is 0.618. The van der Waals surface area contributed by atoms with Crippen molar-refractivity contribution in [3.63, 3.8) is 0 Å². The molecule has 0 saturated carbocycles. The van der Waals surface area contributed by atoms with Crippen LogP contribution in [0.2, 0.25) is 0 Å². The molecule has 0 radical (unpaired) electrons. The highest BCUT2D eigenvalue weighted by atomic mass is 15.4. The molecule has 0 amide bonds. The predicted molar refractivity (Wildman–Crippen MR) is 103 cm³/mol. The molecule has 3 heterocycles. The molecule has 1 fully saturated rings. The molecule has 0 aliphatic carbocycles. The highest BCUT2D eigenvalue weighted by Gasteiger charge is 2.24. The number of hydrogen-bond donors (Lipinski definition) is 0. The number of anilines is 1. The Hall–Kier alpha value is -2.47. The average Bonchev–Trinajstić information content (AvgIpc) is 3.16. The summed E-state index contributed by atoms with van der Waals surface area (Å²) in [7, 11) is 2.24. The third kappa shape index (κ3) is 3.42. The highest BCUT2D eigenvalue weighted by molar-refractivity contribution is 5.68. The van der Waals surface area contributed by atoms with E-state index in [1.165, 1.54) is 11.3 Å². The Kier molecular flexibility index (Phi) is 4.84. The van der Waals surface area contributed by atoms with E-state index < -0.39 is 0 Å². The van der Waals surface area contributed by atoms with Crippen LogP contribution in [0, 0.1) is 0 Å². The largest absolute Gasteiger partial charge is 0.368 e. The first-order valence-corrected chi connectivity index (χ1v) is 9.43. The van der Waals surface area contributed by atoms with Crippen LogP contribution in [-0.4, -0.2) is 50.9 Å². The summed E-state index contributed by atoms with van der Waals surface area (Å²) in [6, 6.07) is 13.5. The maximum atomic E-state index is 4.56. The Morgan fingerprint density at radius 2 is 1.92 bits per heavy atom. The van der Waals surface area contributed by atoms with Crippen molar-refractivity contribution in [2.45, 2.75) is 38.8 Å². The van der Waals surface area contributed by atoms with Gasteiger partial charge in [-0.05, 0) is 37.9 Å². The van der Waals surface area contributed by atoms with E-state index in [4.69, 9.17) is 0 Å². The Morgan fingerprint density at radius 3 is 2.65 bits per heavy atom. The summed E-state index contributed by atoms with van der Waals surface area (Å²) in [5, 5.41) is 12.9. The molecule has 3 aromatic rings. The van der Waals surface area contributed by atoms with Crippen LogP contribution in [-0.2, 0) is 13.0 Å². The molecular formula is C20H26N6. The van der Waals surface area contributed by atoms with Crippen molar-refractivity contribution in [1.82, 2.24) is 24.7 Å². The van der Waals surface area contributed by atoms with E-state index in [1.807, 2.05) is 4.52 Å². The van der Waals surface area contributed by atoms with Gasteiger partial charge in [-0.25, -0.2) is 0 Å². The second-order valence-electron chi connectivity index (χ2n) is 7.09. The lowest BCUT2D eigenvalue weighted by molar-refractivity contribution is 0.200. The molecule has 0 spiro atoms. The lowest BCUT2D eigenvalue weighted by Crippen LogP contribution is -2.43. The number of aryl methyl sites for hydroxylation is 1. The fourth-order valence-corrected chi connectivity index (χ4v) is 3.81. The van der Waals surface area contributed by atoms with E-state index in [1.54, 1.807) is 6.33 Å². The Bertz CT molecular complexity index is 851. The second kappa shape index (κ2) is 7.41. The van der Waals surface area contributed by atoms with Gasteiger partial charge in [-0.1, -0.05) is 37.3 Å². The minimum absolute atomic E-state index is 0.618. The van der Waals surface area contributed by atoms with E-state index in [-0.39, 0.29) is 0 Å². The molecule has 0 atom stereocenters. The van der Waals surface area contributed by atoms with Gasteiger partial charge in [0.25, 0.3) is 0 Å². The molecule has 1 aliphatic rings. The first-order chi connectivity index (χ1) is 12.7. The fourth-order valence-electron chi connectivity index (χ4n) is 3.81. The van der Waals surface area contributed by atoms with Crippen LogP contribution in [0.5, 0.6) is 0 Å². The zero-order valence-electron chi connectivity index (χ0n) is 15.5. The van der Waals surface area contributed by atoms with Gasteiger partial charge in [-0.2, -0.15) is 9.61 Å². The first-order valence-electron chi connectivity index (χ1n) is 9.43. The average molecular weight is 350 g/mol. The van der Waals surface area contributed by atoms with E-state index in [2.05, 4.69) is 75.5 Å². The smallest absolute Gasteiger partial charge is 0.200 e.